The summed E-state index contributed by atoms with van der Waals surface area (Å²) in [6, 6.07) is 15.3. The summed E-state index contributed by atoms with van der Waals surface area (Å²) in [5.41, 5.74) is 2.94. The average Bonchev–Trinajstić information content (AvgIpc) is 2.84. The van der Waals surface area contributed by atoms with E-state index < -0.39 is 11.7 Å². The summed E-state index contributed by atoms with van der Waals surface area (Å²) < 4.78 is 11.7. The maximum Gasteiger partial charge on any atom is 0.410 e. The topological polar surface area (TPSA) is 63.0 Å². The molecule has 2 heterocycles. The van der Waals surface area contributed by atoms with Crippen LogP contribution >= 0.6 is 0 Å². The van der Waals surface area contributed by atoms with Gasteiger partial charge in [0, 0.05) is 48.9 Å². The molecule has 1 atom stereocenters. The third-order valence-electron chi connectivity index (χ3n) is 6.42. The van der Waals surface area contributed by atoms with E-state index in [9.17, 15) is 9.59 Å². The Balaban J connectivity index is 1.83. The van der Waals surface area contributed by atoms with Crippen molar-refractivity contribution < 1.29 is 13.9 Å². The fourth-order valence-electron chi connectivity index (χ4n) is 4.66. The summed E-state index contributed by atoms with van der Waals surface area (Å²) in [7, 11) is 0. The van der Waals surface area contributed by atoms with Crippen molar-refractivity contribution in [2.75, 3.05) is 31.1 Å². The van der Waals surface area contributed by atoms with Gasteiger partial charge in [-0.05, 0) is 57.7 Å². The molecule has 3 aromatic rings. The second-order valence-corrected chi connectivity index (χ2v) is 8.47. The van der Waals surface area contributed by atoms with Crippen molar-refractivity contribution >= 4 is 22.7 Å². The Bertz CT molecular complexity index is 1160. The minimum absolute atomic E-state index is 0.331. The van der Waals surface area contributed by atoms with Crippen LogP contribution in [0.2, 0.25) is 0 Å². The summed E-state index contributed by atoms with van der Waals surface area (Å²) in [6.45, 7) is 9.15. The van der Waals surface area contributed by atoms with Gasteiger partial charge in [-0.2, -0.15) is 0 Å². The van der Waals surface area contributed by atoms with E-state index in [1.54, 1.807) is 4.90 Å². The highest BCUT2D eigenvalue weighted by Crippen LogP contribution is 2.35. The number of hydrogen-bond donors (Lipinski definition) is 0. The van der Waals surface area contributed by atoms with Crippen molar-refractivity contribution in [2.45, 2.75) is 46.1 Å². The molecule has 2 aromatic carbocycles. The van der Waals surface area contributed by atoms with Gasteiger partial charge in [0.2, 0.25) is 0 Å². The third-order valence-corrected chi connectivity index (χ3v) is 6.42. The molecular weight excluding hydrogens is 416 g/mol. The first-order chi connectivity index (χ1) is 16.0. The first kappa shape index (κ1) is 22.9. The molecule has 4 rings (SSSR count). The van der Waals surface area contributed by atoms with Gasteiger partial charge in [0.15, 0.2) is 0 Å². The van der Waals surface area contributed by atoms with Crippen molar-refractivity contribution in [3.8, 4) is 11.1 Å². The monoisotopic (exact) mass is 448 g/mol. The van der Waals surface area contributed by atoms with Gasteiger partial charge in [-0.1, -0.05) is 30.3 Å². The predicted octanol–water partition coefficient (Wildman–Crippen LogP) is 5.99. The van der Waals surface area contributed by atoms with E-state index in [-0.39, 0.29) is 6.09 Å². The Kier molecular flexibility index (Phi) is 7.02. The van der Waals surface area contributed by atoms with Crippen LogP contribution < -0.4 is 10.5 Å². The molecule has 1 amide bonds. The molecule has 0 spiro atoms. The summed E-state index contributed by atoms with van der Waals surface area (Å²) in [5.74, 6) is 0. The van der Waals surface area contributed by atoms with E-state index in [1.165, 1.54) is 0 Å². The lowest BCUT2D eigenvalue weighted by atomic mass is 9.95. The van der Waals surface area contributed by atoms with Crippen molar-refractivity contribution in [1.82, 2.24) is 4.90 Å². The minimum atomic E-state index is -0.611. The molecule has 6 heteroatoms. The molecule has 1 aliphatic heterocycles. The summed E-state index contributed by atoms with van der Waals surface area (Å²) in [4.78, 5) is 30.1. The maximum absolute atomic E-state index is 13.2. The number of benzene rings is 2. The van der Waals surface area contributed by atoms with Crippen molar-refractivity contribution in [2.24, 2.45) is 0 Å². The molecule has 0 N–H and O–H groups in total. The lowest BCUT2D eigenvalue weighted by Gasteiger charge is -2.28. The van der Waals surface area contributed by atoms with Gasteiger partial charge >= 0.3 is 11.7 Å². The molecule has 0 radical (unpaired) electrons. The molecule has 1 unspecified atom stereocenters. The zero-order chi connectivity index (χ0) is 23.4. The molecule has 1 fully saturated rings. The quantitative estimate of drug-likeness (QED) is 0.434. The second-order valence-electron chi connectivity index (χ2n) is 8.47. The number of nitrogens with zero attached hydrogens (tertiary/aromatic N) is 2. The van der Waals surface area contributed by atoms with Gasteiger partial charge in [-0.3, -0.25) is 0 Å². The Hall–Kier alpha value is -3.28. The number of piperidine rings is 1. The number of anilines is 1. The van der Waals surface area contributed by atoms with E-state index >= 15 is 0 Å². The van der Waals surface area contributed by atoms with Crippen LogP contribution in [-0.4, -0.2) is 37.2 Å². The molecule has 0 saturated carbocycles. The van der Waals surface area contributed by atoms with Gasteiger partial charge in [0.1, 0.15) is 11.7 Å². The van der Waals surface area contributed by atoms with E-state index in [2.05, 4.69) is 18.7 Å². The number of carbonyl (C=O) groups excluding carboxylic acids is 1. The van der Waals surface area contributed by atoms with Gasteiger partial charge < -0.3 is 19.0 Å². The average molecular weight is 449 g/mol. The third kappa shape index (κ3) is 4.75. The molecule has 0 aliphatic carbocycles. The maximum atomic E-state index is 13.2. The Morgan fingerprint density at radius 1 is 1.06 bits per heavy atom. The van der Waals surface area contributed by atoms with Crippen LogP contribution in [0.5, 0.6) is 0 Å². The molecule has 33 heavy (non-hydrogen) atoms. The molecular formula is C27H32N2O4. The predicted molar refractivity (Wildman–Crippen MR) is 132 cm³/mol. The number of amides is 1. The molecule has 174 valence electrons. The van der Waals surface area contributed by atoms with E-state index in [1.807, 2.05) is 55.5 Å². The highest BCUT2D eigenvalue weighted by atomic mass is 16.6. The molecule has 6 nitrogen and oxygen atoms in total. The minimum Gasteiger partial charge on any atom is -0.441 e. The highest BCUT2D eigenvalue weighted by molar-refractivity contribution is 5.89. The van der Waals surface area contributed by atoms with Gasteiger partial charge in [0.05, 0.1) is 5.56 Å². The lowest BCUT2D eigenvalue weighted by Crippen LogP contribution is -2.36. The zero-order valence-electron chi connectivity index (χ0n) is 19.7. The summed E-state index contributed by atoms with van der Waals surface area (Å²) in [5, 5.41) is 0.781. The van der Waals surface area contributed by atoms with Crippen molar-refractivity contribution in [1.29, 1.82) is 0 Å². The first-order valence-corrected chi connectivity index (χ1v) is 11.9. The molecule has 1 aliphatic rings. The Morgan fingerprint density at radius 2 is 1.76 bits per heavy atom. The SMILES string of the molecule is CCN(CC)c1ccc2c(C(C)OC(=O)N3CCCCC3)c(-c3ccccc3)c(=O)oc2c1. The van der Waals surface area contributed by atoms with Crippen LogP contribution in [-0.2, 0) is 4.74 Å². The van der Waals surface area contributed by atoms with Crippen molar-refractivity contribution in [3.05, 3.63) is 64.5 Å². The summed E-state index contributed by atoms with van der Waals surface area (Å²) >= 11 is 0. The fraction of sp³-hybridized carbons (Fsp3) is 0.407. The van der Waals surface area contributed by atoms with Crippen molar-refractivity contribution in [3.63, 3.8) is 0 Å². The second kappa shape index (κ2) is 10.1. The van der Waals surface area contributed by atoms with E-state index in [4.69, 9.17) is 9.15 Å². The molecule has 0 bridgehead atoms. The van der Waals surface area contributed by atoms with Crippen LogP contribution in [0.25, 0.3) is 22.1 Å². The van der Waals surface area contributed by atoms with E-state index in [0.717, 1.165) is 49.0 Å². The normalized spacial score (nSPS) is 14.8. The van der Waals surface area contributed by atoms with Crippen LogP contribution in [0.1, 0.15) is 51.7 Å². The first-order valence-electron chi connectivity index (χ1n) is 11.9. The zero-order valence-corrected chi connectivity index (χ0v) is 19.7. The number of hydrogen-bond acceptors (Lipinski definition) is 5. The van der Waals surface area contributed by atoms with Gasteiger partial charge in [-0.25, -0.2) is 9.59 Å². The standard InChI is InChI=1S/C27H32N2O4/c1-4-28(5-2)21-14-15-22-23(18-21)33-26(30)25(20-12-8-6-9-13-20)24(22)19(3)32-27(31)29-16-10-7-11-17-29/h6,8-9,12-15,18-19H,4-5,7,10-11,16-17H2,1-3H3. The number of fused-ring (bicyclic) bond motifs is 1. The van der Waals surface area contributed by atoms with Crippen LogP contribution in [0.3, 0.4) is 0 Å². The fourth-order valence-corrected chi connectivity index (χ4v) is 4.66. The number of carbonyl (C=O) groups is 1. The van der Waals surface area contributed by atoms with Gasteiger partial charge in [-0.15, -0.1) is 0 Å². The number of ether oxygens (including phenoxy) is 1. The number of likely N-dealkylation sites (tertiary alicyclic amines) is 1. The van der Waals surface area contributed by atoms with Crippen LogP contribution in [0.15, 0.2) is 57.7 Å². The number of rotatable bonds is 6. The van der Waals surface area contributed by atoms with Crippen LogP contribution in [0.4, 0.5) is 10.5 Å². The molecule has 1 aromatic heterocycles. The van der Waals surface area contributed by atoms with Crippen LogP contribution in [0, 0.1) is 0 Å². The highest BCUT2D eigenvalue weighted by Gasteiger charge is 2.26. The summed E-state index contributed by atoms with van der Waals surface area (Å²) in [6.07, 6.45) is 2.18. The lowest BCUT2D eigenvalue weighted by molar-refractivity contribution is 0.0648. The smallest absolute Gasteiger partial charge is 0.410 e. The van der Waals surface area contributed by atoms with Gasteiger partial charge in [0.25, 0.3) is 0 Å². The largest absolute Gasteiger partial charge is 0.441 e. The Morgan fingerprint density at radius 3 is 2.42 bits per heavy atom. The molecule has 1 saturated heterocycles. The Labute approximate surface area is 194 Å². The van der Waals surface area contributed by atoms with E-state index in [0.29, 0.717) is 29.8 Å².